The van der Waals surface area contributed by atoms with E-state index in [4.69, 9.17) is 11.2 Å². The molecule has 1 fully saturated rings. The third-order valence-electron chi connectivity index (χ3n) is 2.58. The predicted octanol–water partition coefficient (Wildman–Crippen LogP) is 1.89. The quantitative estimate of drug-likeness (QED) is 0.705. The molecule has 3 heteroatoms. The summed E-state index contributed by atoms with van der Waals surface area (Å²) in [7, 11) is 0. The van der Waals surface area contributed by atoms with E-state index in [0.29, 0.717) is 19.7 Å². The van der Waals surface area contributed by atoms with Crippen molar-refractivity contribution in [3.63, 3.8) is 0 Å². The number of hydrogen-bond acceptors (Lipinski definition) is 2. The molecule has 1 aliphatic heterocycles. The fraction of sp³-hybridized carbons (Fsp3) is 0.308. The molecule has 0 N–H and O–H groups in total. The van der Waals surface area contributed by atoms with Crippen LogP contribution in [0.3, 0.4) is 0 Å². The van der Waals surface area contributed by atoms with E-state index in [1.54, 1.807) is 4.90 Å². The largest absolute Gasteiger partial charge is 0.445 e. The summed E-state index contributed by atoms with van der Waals surface area (Å²) in [4.78, 5) is 13.1. The van der Waals surface area contributed by atoms with Crippen LogP contribution in [-0.4, -0.2) is 24.1 Å². The van der Waals surface area contributed by atoms with Gasteiger partial charge in [0.2, 0.25) is 0 Å². The third kappa shape index (κ3) is 2.34. The molecule has 0 aromatic heterocycles. The van der Waals surface area contributed by atoms with Gasteiger partial charge in [-0.25, -0.2) is 4.79 Å². The molecule has 0 aliphatic carbocycles. The Morgan fingerprint density at radius 3 is 2.75 bits per heavy atom. The zero-order chi connectivity index (χ0) is 11.4. The molecule has 0 saturated carbocycles. The summed E-state index contributed by atoms with van der Waals surface area (Å²) in [5.41, 5.74) is 0.991. The average molecular weight is 215 g/mol. The van der Waals surface area contributed by atoms with E-state index >= 15 is 0 Å². The maximum Gasteiger partial charge on any atom is 0.410 e. The van der Waals surface area contributed by atoms with Crippen molar-refractivity contribution in [3.05, 3.63) is 35.9 Å². The van der Waals surface area contributed by atoms with Crippen molar-refractivity contribution in [1.29, 1.82) is 0 Å². The van der Waals surface area contributed by atoms with Crippen molar-refractivity contribution in [2.45, 2.75) is 6.61 Å². The minimum atomic E-state index is -0.282. The van der Waals surface area contributed by atoms with Crippen LogP contribution < -0.4 is 0 Å². The highest BCUT2D eigenvalue weighted by Gasteiger charge is 2.30. The fourth-order valence-corrected chi connectivity index (χ4v) is 1.54. The van der Waals surface area contributed by atoms with Crippen molar-refractivity contribution in [2.24, 2.45) is 5.92 Å². The summed E-state index contributed by atoms with van der Waals surface area (Å²) in [5.74, 6) is 2.81. The first-order chi connectivity index (χ1) is 7.79. The van der Waals surface area contributed by atoms with Crippen LogP contribution in [0.25, 0.3) is 0 Å². The normalized spacial score (nSPS) is 15.1. The molecule has 1 saturated heterocycles. The minimum Gasteiger partial charge on any atom is -0.445 e. The van der Waals surface area contributed by atoms with Crippen molar-refractivity contribution in [2.75, 3.05) is 13.1 Å². The van der Waals surface area contributed by atoms with Gasteiger partial charge in [0.1, 0.15) is 6.61 Å². The number of carbonyl (C=O) groups excluding carboxylic acids is 1. The second-order valence-corrected chi connectivity index (χ2v) is 3.81. The Balaban J connectivity index is 1.76. The van der Waals surface area contributed by atoms with Crippen LogP contribution in [0.15, 0.2) is 30.3 Å². The number of carbonyl (C=O) groups is 1. The smallest absolute Gasteiger partial charge is 0.410 e. The van der Waals surface area contributed by atoms with E-state index in [9.17, 15) is 4.79 Å². The Morgan fingerprint density at radius 2 is 2.12 bits per heavy atom. The summed E-state index contributed by atoms with van der Waals surface area (Å²) in [6.45, 7) is 1.55. The lowest BCUT2D eigenvalue weighted by Crippen LogP contribution is -2.49. The molecule has 1 aromatic carbocycles. The average Bonchev–Trinajstić information content (AvgIpc) is 2.26. The molecular weight excluding hydrogens is 202 g/mol. The van der Waals surface area contributed by atoms with E-state index in [1.807, 2.05) is 30.3 Å². The van der Waals surface area contributed by atoms with Crippen LogP contribution in [0, 0.1) is 18.3 Å². The number of benzene rings is 1. The first-order valence-corrected chi connectivity index (χ1v) is 5.21. The second-order valence-electron chi connectivity index (χ2n) is 3.81. The number of amides is 1. The van der Waals surface area contributed by atoms with E-state index in [0.717, 1.165) is 5.56 Å². The molecule has 1 heterocycles. The maximum atomic E-state index is 11.5. The molecule has 3 nitrogen and oxygen atoms in total. The van der Waals surface area contributed by atoms with Crippen LogP contribution in [0.5, 0.6) is 0 Å². The molecule has 0 spiro atoms. The van der Waals surface area contributed by atoms with Gasteiger partial charge in [-0.1, -0.05) is 36.3 Å². The first kappa shape index (κ1) is 10.6. The van der Waals surface area contributed by atoms with Gasteiger partial charge in [0.25, 0.3) is 0 Å². The molecule has 2 rings (SSSR count). The second kappa shape index (κ2) is 4.71. The molecule has 0 bridgehead atoms. The first-order valence-electron chi connectivity index (χ1n) is 5.21. The van der Waals surface area contributed by atoms with Crippen molar-refractivity contribution in [1.82, 2.24) is 4.90 Å². The highest BCUT2D eigenvalue weighted by molar-refractivity contribution is 5.68. The summed E-state index contributed by atoms with van der Waals surface area (Å²) >= 11 is 0. The lowest BCUT2D eigenvalue weighted by atomic mass is 10.0. The van der Waals surface area contributed by atoms with Gasteiger partial charge in [-0.05, 0) is 5.56 Å². The Labute approximate surface area is 95.0 Å². The fourth-order valence-electron chi connectivity index (χ4n) is 1.54. The van der Waals surface area contributed by atoms with E-state index in [1.165, 1.54) is 0 Å². The Hall–Kier alpha value is -1.95. The number of nitrogens with zero attached hydrogens (tertiary/aromatic N) is 1. The van der Waals surface area contributed by atoms with Gasteiger partial charge < -0.3 is 9.64 Å². The number of rotatable bonds is 2. The zero-order valence-corrected chi connectivity index (χ0v) is 8.93. The van der Waals surface area contributed by atoms with Crippen LogP contribution in [0.4, 0.5) is 4.79 Å². The van der Waals surface area contributed by atoms with Gasteiger partial charge in [-0.3, -0.25) is 0 Å². The Morgan fingerprint density at radius 1 is 1.44 bits per heavy atom. The molecular formula is C13H13NO2. The molecule has 1 aliphatic rings. The predicted molar refractivity (Wildman–Crippen MR) is 60.5 cm³/mol. The molecule has 0 unspecified atom stereocenters. The lowest BCUT2D eigenvalue weighted by Gasteiger charge is -2.35. The van der Waals surface area contributed by atoms with Gasteiger partial charge in [0.15, 0.2) is 0 Å². The minimum absolute atomic E-state index is 0.198. The highest BCUT2D eigenvalue weighted by atomic mass is 16.6. The zero-order valence-electron chi connectivity index (χ0n) is 8.93. The van der Waals surface area contributed by atoms with E-state index in [2.05, 4.69) is 5.92 Å². The summed E-state index contributed by atoms with van der Waals surface area (Å²) < 4.78 is 5.14. The van der Waals surface area contributed by atoms with Crippen LogP contribution in [0.2, 0.25) is 0 Å². The maximum absolute atomic E-state index is 11.5. The van der Waals surface area contributed by atoms with Crippen molar-refractivity contribution in [3.8, 4) is 12.3 Å². The van der Waals surface area contributed by atoms with Gasteiger partial charge in [-0.15, -0.1) is 6.42 Å². The number of likely N-dealkylation sites (tertiary alicyclic amines) is 1. The van der Waals surface area contributed by atoms with Gasteiger partial charge in [0.05, 0.1) is 5.92 Å². The molecule has 16 heavy (non-hydrogen) atoms. The molecule has 0 atom stereocenters. The Kier molecular flexibility index (Phi) is 3.11. The molecule has 1 aromatic rings. The topological polar surface area (TPSA) is 29.5 Å². The van der Waals surface area contributed by atoms with Crippen molar-refractivity contribution >= 4 is 6.09 Å². The van der Waals surface area contributed by atoms with E-state index < -0.39 is 0 Å². The SMILES string of the molecule is C#CC1CN(C(=O)OCc2ccccc2)C1. The highest BCUT2D eigenvalue weighted by Crippen LogP contribution is 2.15. The standard InChI is InChI=1S/C13H13NO2/c1-2-11-8-14(9-11)13(15)16-10-12-6-4-3-5-7-12/h1,3-7,11H,8-10H2. The van der Waals surface area contributed by atoms with Crippen LogP contribution in [-0.2, 0) is 11.3 Å². The summed E-state index contributed by atoms with van der Waals surface area (Å²) in [6.07, 6.45) is 4.95. The van der Waals surface area contributed by atoms with Gasteiger partial charge in [-0.2, -0.15) is 0 Å². The van der Waals surface area contributed by atoms with Crippen LogP contribution in [0.1, 0.15) is 5.56 Å². The Bertz CT molecular complexity index is 402. The lowest BCUT2D eigenvalue weighted by molar-refractivity contribution is 0.0624. The van der Waals surface area contributed by atoms with Crippen LogP contribution >= 0.6 is 0 Å². The van der Waals surface area contributed by atoms with Crippen molar-refractivity contribution < 1.29 is 9.53 Å². The summed E-state index contributed by atoms with van der Waals surface area (Å²) in [5, 5.41) is 0. The molecule has 0 radical (unpaired) electrons. The van der Waals surface area contributed by atoms with E-state index in [-0.39, 0.29) is 12.0 Å². The molecule has 1 amide bonds. The third-order valence-corrected chi connectivity index (χ3v) is 2.58. The number of ether oxygens (including phenoxy) is 1. The molecule has 82 valence electrons. The monoisotopic (exact) mass is 215 g/mol. The van der Waals surface area contributed by atoms with Gasteiger partial charge >= 0.3 is 6.09 Å². The number of terminal acetylenes is 1. The number of hydrogen-bond donors (Lipinski definition) is 0. The summed E-state index contributed by atoms with van der Waals surface area (Å²) in [6, 6.07) is 9.61. The van der Waals surface area contributed by atoms with Gasteiger partial charge in [0, 0.05) is 13.1 Å².